The third-order valence-corrected chi connectivity index (χ3v) is 5.54. The SMILES string of the molecule is Cc1ccc(O[C@@H]2C(=O)N(C[C@@H]3CCCO3)[C@@H]2c2ccc(C#N)cc2)c(C)c1. The summed E-state index contributed by atoms with van der Waals surface area (Å²) in [5.74, 6) is 0.726. The fourth-order valence-electron chi connectivity index (χ4n) is 4.02. The first-order chi connectivity index (χ1) is 13.6. The second-order valence-corrected chi connectivity index (χ2v) is 7.61. The van der Waals surface area contributed by atoms with Crippen molar-refractivity contribution in [2.75, 3.05) is 13.2 Å². The quantitative estimate of drug-likeness (QED) is 0.747. The molecular weight excluding hydrogens is 352 g/mol. The zero-order chi connectivity index (χ0) is 19.7. The lowest BCUT2D eigenvalue weighted by atomic mass is 9.89. The lowest BCUT2D eigenvalue weighted by Gasteiger charge is -2.47. The average molecular weight is 376 g/mol. The van der Waals surface area contributed by atoms with Gasteiger partial charge in [-0.2, -0.15) is 5.26 Å². The van der Waals surface area contributed by atoms with Gasteiger partial charge in [0, 0.05) is 13.2 Å². The molecule has 0 unspecified atom stereocenters. The molecule has 0 aromatic heterocycles. The summed E-state index contributed by atoms with van der Waals surface area (Å²) < 4.78 is 11.9. The van der Waals surface area contributed by atoms with Crippen LogP contribution in [0.5, 0.6) is 5.75 Å². The Bertz CT molecular complexity index is 910. The van der Waals surface area contributed by atoms with E-state index in [2.05, 4.69) is 12.1 Å². The number of rotatable bonds is 5. The van der Waals surface area contributed by atoms with Crippen LogP contribution in [-0.2, 0) is 9.53 Å². The standard InChI is InChI=1S/C23H24N2O3/c1-15-5-10-20(16(2)12-15)28-22-21(18-8-6-17(13-24)7-9-18)25(23(22)26)14-19-4-3-11-27-19/h5-10,12,19,21-22H,3-4,11,14H2,1-2H3/t19-,21+,22-/m0/s1. The molecule has 0 aliphatic carbocycles. The Morgan fingerprint density at radius 1 is 1.21 bits per heavy atom. The zero-order valence-electron chi connectivity index (χ0n) is 16.2. The number of carbonyl (C=O) groups excluding carboxylic acids is 1. The molecule has 28 heavy (non-hydrogen) atoms. The maximum absolute atomic E-state index is 12.9. The lowest BCUT2D eigenvalue weighted by molar-refractivity contribution is -0.167. The zero-order valence-corrected chi connectivity index (χ0v) is 16.2. The van der Waals surface area contributed by atoms with Gasteiger partial charge in [0.2, 0.25) is 6.10 Å². The fourth-order valence-corrected chi connectivity index (χ4v) is 4.02. The van der Waals surface area contributed by atoms with Crippen molar-refractivity contribution < 1.29 is 14.3 Å². The maximum Gasteiger partial charge on any atom is 0.266 e. The molecule has 2 fully saturated rings. The number of amides is 1. The van der Waals surface area contributed by atoms with Crippen LogP contribution < -0.4 is 4.74 Å². The summed E-state index contributed by atoms with van der Waals surface area (Å²) in [6.07, 6.45) is 1.55. The van der Waals surface area contributed by atoms with Crippen LogP contribution >= 0.6 is 0 Å². The van der Waals surface area contributed by atoms with Crippen LogP contribution in [-0.4, -0.2) is 36.2 Å². The molecule has 0 saturated carbocycles. The van der Waals surface area contributed by atoms with Gasteiger partial charge in [-0.05, 0) is 56.0 Å². The van der Waals surface area contributed by atoms with E-state index in [1.165, 1.54) is 0 Å². The normalized spacial score (nSPS) is 24.0. The minimum Gasteiger partial charge on any atom is -0.478 e. The highest BCUT2D eigenvalue weighted by Crippen LogP contribution is 2.39. The molecule has 5 nitrogen and oxygen atoms in total. The van der Waals surface area contributed by atoms with Gasteiger partial charge >= 0.3 is 0 Å². The maximum atomic E-state index is 12.9. The van der Waals surface area contributed by atoms with Gasteiger partial charge in [0.1, 0.15) is 11.8 Å². The van der Waals surface area contributed by atoms with Crippen LogP contribution in [0.15, 0.2) is 42.5 Å². The van der Waals surface area contributed by atoms with Gasteiger partial charge in [-0.3, -0.25) is 4.79 Å². The van der Waals surface area contributed by atoms with Crippen LogP contribution in [0, 0.1) is 25.2 Å². The Hall–Kier alpha value is -2.84. The number of β-lactam (4-membered cyclic amide) rings is 1. The second kappa shape index (κ2) is 7.65. The molecule has 0 radical (unpaired) electrons. The number of benzene rings is 2. The van der Waals surface area contributed by atoms with Crippen LogP contribution in [0.25, 0.3) is 0 Å². The summed E-state index contributed by atoms with van der Waals surface area (Å²) in [6.45, 7) is 5.37. The molecule has 144 valence electrons. The lowest BCUT2D eigenvalue weighted by Crippen LogP contribution is -2.62. The van der Waals surface area contributed by atoms with Crippen LogP contribution in [0.4, 0.5) is 0 Å². The Morgan fingerprint density at radius 2 is 2.00 bits per heavy atom. The highest BCUT2D eigenvalue weighted by Gasteiger charge is 2.51. The first-order valence-electron chi connectivity index (χ1n) is 9.73. The summed E-state index contributed by atoms with van der Waals surface area (Å²) in [7, 11) is 0. The first-order valence-corrected chi connectivity index (χ1v) is 9.73. The summed E-state index contributed by atoms with van der Waals surface area (Å²) in [6, 6.07) is 15.3. The summed E-state index contributed by atoms with van der Waals surface area (Å²) in [5, 5.41) is 9.07. The highest BCUT2D eigenvalue weighted by atomic mass is 16.5. The molecule has 2 aromatic carbocycles. The van der Waals surface area contributed by atoms with Crippen molar-refractivity contribution in [2.24, 2.45) is 0 Å². The van der Waals surface area contributed by atoms with Gasteiger partial charge in [-0.15, -0.1) is 0 Å². The molecule has 2 aliphatic rings. The number of ether oxygens (including phenoxy) is 2. The number of nitrogens with zero attached hydrogens (tertiary/aromatic N) is 2. The number of likely N-dealkylation sites (tertiary alicyclic amines) is 1. The summed E-state index contributed by atoms with van der Waals surface area (Å²) in [4.78, 5) is 14.8. The topological polar surface area (TPSA) is 62.6 Å². The van der Waals surface area contributed by atoms with Gasteiger partial charge in [-0.1, -0.05) is 29.8 Å². The van der Waals surface area contributed by atoms with Gasteiger partial charge < -0.3 is 14.4 Å². The van der Waals surface area contributed by atoms with Crippen molar-refractivity contribution in [1.82, 2.24) is 4.90 Å². The van der Waals surface area contributed by atoms with Crippen molar-refractivity contribution in [3.63, 3.8) is 0 Å². The van der Waals surface area contributed by atoms with Gasteiger partial charge in [0.25, 0.3) is 5.91 Å². The first kappa shape index (κ1) is 18.5. The van der Waals surface area contributed by atoms with Gasteiger partial charge in [-0.25, -0.2) is 0 Å². The Kier molecular flexibility index (Phi) is 5.06. The summed E-state index contributed by atoms with van der Waals surface area (Å²) in [5.41, 5.74) is 3.76. The van der Waals surface area contributed by atoms with Gasteiger partial charge in [0.15, 0.2) is 0 Å². The number of carbonyl (C=O) groups is 1. The van der Waals surface area contributed by atoms with Crippen molar-refractivity contribution >= 4 is 5.91 Å². The second-order valence-electron chi connectivity index (χ2n) is 7.61. The number of hydrogen-bond donors (Lipinski definition) is 0. The van der Waals surface area contributed by atoms with E-state index < -0.39 is 6.10 Å². The molecular formula is C23H24N2O3. The van der Waals surface area contributed by atoms with Gasteiger partial charge in [0.05, 0.1) is 17.7 Å². The van der Waals surface area contributed by atoms with E-state index >= 15 is 0 Å². The molecule has 2 aliphatic heterocycles. The van der Waals surface area contributed by atoms with E-state index in [-0.39, 0.29) is 18.1 Å². The van der Waals surface area contributed by atoms with E-state index in [1.54, 1.807) is 12.1 Å². The Balaban J connectivity index is 1.59. The van der Waals surface area contributed by atoms with Crippen LogP contribution in [0.2, 0.25) is 0 Å². The minimum atomic E-state index is -0.559. The average Bonchev–Trinajstić information content (AvgIpc) is 3.21. The fraction of sp³-hybridized carbons (Fsp3) is 0.391. The van der Waals surface area contributed by atoms with Crippen LogP contribution in [0.3, 0.4) is 0 Å². The molecule has 1 amide bonds. The minimum absolute atomic E-state index is 0.00941. The van der Waals surface area contributed by atoms with E-state index in [1.807, 2.05) is 43.0 Å². The molecule has 2 heterocycles. The van der Waals surface area contributed by atoms with E-state index in [4.69, 9.17) is 14.7 Å². The van der Waals surface area contributed by atoms with E-state index in [9.17, 15) is 4.79 Å². The molecule has 2 aromatic rings. The smallest absolute Gasteiger partial charge is 0.266 e. The predicted octanol–water partition coefficient (Wildman–Crippen LogP) is 3.69. The number of hydrogen-bond acceptors (Lipinski definition) is 4. The van der Waals surface area contributed by atoms with E-state index in [0.717, 1.165) is 41.9 Å². The van der Waals surface area contributed by atoms with Crippen molar-refractivity contribution in [1.29, 1.82) is 5.26 Å². The number of aryl methyl sites for hydroxylation is 2. The van der Waals surface area contributed by atoms with Crippen molar-refractivity contribution in [3.05, 3.63) is 64.7 Å². The third kappa shape index (κ3) is 3.48. The molecule has 0 spiro atoms. The molecule has 3 atom stereocenters. The largest absolute Gasteiger partial charge is 0.478 e. The molecule has 0 N–H and O–H groups in total. The monoisotopic (exact) mass is 376 g/mol. The molecule has 2 saturated heterocycles. The third-order valence-electron chi connectivity index (χ3n) is 5.54. The molecule has 0 bridgehead atoms. The summed E-state index contributed by atoms with van der Waals surface area (Å²) >= 11 is 0. The number of nitriles is 1. The predicted molar refractivity (Wildman–Crippen MR) is 105 cm³/mol. The van der Waals surface area contributed by atoms with E-state index in [0.29, 0.717) is 12.1 Å². The highest BCUT2D eigenvalue weighted by molar-refractivity contribution is 5.89. The Morgan fingerprint density at radius 3 is 2.64 bits per heavy atom. The molecule has 5 heteroatoms. The molecule has 4 rings (SSSR count). The van der Waals surface area contributed by atoms with Crippen molar-refractivity contribution in [2.45, 2.75) is 44.9 Å². The van der Waals surface area contributed by atoms with Crippen LogP contribution in [0.1, 0.15) is 41.1 Å². The van der Waals surface area contributed by atoms with Crippen molar-refractivity contribution in [3.8, 4) is 11.8 Å². The Labute approximate surface area is 165 Å².